The van der Waals surface area contributed by atoms with Gasteiger partial charge in [-0.25, -0.2) is 9.59 Å². The number of aliphatic hydroxyl groups is 1. The largest absolute Gasteiger partial charge is 0.479 e. The Kier molecular flexibility index (Phi) is 5.76. The Hall–Kier alpha value is -1.34. The minimum Gasteiger partial charge on any atom is -0.479 e. The number of nitrogens with one attached hydrogen (secondary N) is 1. The second-order valence-corrected chi connectivity index (χ2v) is 5.51. The van der Waals surface area contributed by atoms with Gasteiger partial charge >= 0.3 is 12.0 Å². The molecule has 7 heteroatoms. The first-order valence-electron chi connectivity index (χ1n) is 6.96. The molecule has 0 saturated carbocycles. The van der Waals surface area contributed by atoms with E-state index in [4.69, 9.17) is 5.11 Å². The Morgan fingerprint density at radius 2 is 1.95 bits per heavy atom. The van der Waals surface area contributed by atoms with Crippen molar-refractivity contribution >= 4 is 12.0 Å². The lowest BCUT2D eigenvalue weighted by Gasteiger charge is -2.36. The van der Waals surface area contributed by atoms with Gasteiger partial charge < -0.3 is 25.3 Å². The smallest absolute Gasteiger partial charge is 0.337 e. The number of carbonyl (C=O) groups is 2. The zero-order valence-corrected chi connectivity index (χ0v) is 12.4. The third kappa shape index (κ3) is 4.35. The van der Waals surface area contributed by atoms with Crippen LogP contribution in [0.3, 0.4) is 0 Å². The number of carboxylic acid groups (broad SMARTS) is 1. The molecule has 1 heterocycles. The highest BCUT2D eigenvalue weighted by molar-refractivity contribution is 5.79. The number of hydrogen-bond acceptors (Lipinski definition) is 4. The lowest BCUT2D eigenvalue weighted by atomic mass is 10.0. The summed E-state index contributed by atoms with van der Waals surface area (Å²) >= 11 is 0. The molecule has 116 valence electrons. The highest BCUT2D eigenvalue weighted by Crippen LogP contribution is 2.15. The van der Waals surface area contributed by atoms with Gasteiger partial charge in [0.05, 0.1) is 6.54 Å². The van der Waals surface area contributed by atoms with Crippen molar-refractivity contribution in [2.24, 2.45) is 0 Å². The molecule has 2 amide bonds. The second kappa shape index (κ2) is 6.90. The van der Waals surface area contributed by atoms with Crippen molar-refractivity contribution in [3.8, 4) is 0 Å². The number of amides is 2. The predicted octanol–water partition coefficient (Wildman–Crippen LogP) is -0.0523. The normalized spacial score (nSPS) is 20.2. The van der Waals surface area contributed by atoms with Crippen molar-refractivity contribution in [2.75, 3.05) is 33.2 Å². The minimum absolute atomic E-state index is 0.160. The van der Waals surface area contributed by atoms with Gasteiger partial charge in [-0.1, -0.05) is 6.92 Å². The van der Waals surface area contributed by atoms with Gasteiger partial charge in [0.2, 0.25) is 0 Å². The van der Waals surface area contributed by atoms with Gasteiger partial charge in [-0.15, -0.1) is 0 Å². The van der Waals surface area contributed by atoms with E-state index < -0.39 is 11.6 Å². The fourth-order valence-corrected chi connectivity index (χ4v) is 2.24. The highest BCUT2D eigenvalue weighted by atomic mass is 16.4. The first-order valence-corrected chi connectivity index (χ1v) is 6.96. The lowest BCUT2D eigenvalue weighted by Crippen LogP contribution is -2.53. The number of carboxylic acids is 1. The number of likely N-dealkylation sites (tertiary alicyclic amines) is 1. The van der Waals surface area contributed by atoms with Crippen LogP contribution in [0.1, 0.15) is 26.7 Å². The maximum atomic E-state index is 12.0. The topological polar surface area (TPSA) is 93.1 Å². The number of aliphatic carboxylic acids is 1. The molecule has 1 saturated heterocycles. The van der Waals surface area contributed by atoms with Crippen LogP contribution in [0.25, 0.3) is 0 Å². The van der Waals surface area contributed by atoms with E-state index in [1.807, 2.05) is 0 Å². The summed E-state index contributed by atoms with van der Waals surface area (Å²) in [6.07, 6.45) is 1.82. The molecule has 0 aromatic carbocycles. The van der Waals surface area contributed by atoms with Crippen molar-refractivity contribution < 1.29 is 19.8 Å². The fourth-order valence-electron chi connectivity index (χ4n) is 2.24. The van der Waals surface area contributed by atoms with E-state index in [1.165, 1.54) is 0 Å². The van der Waals surface area contributed by atoms with Crippen LogP contribution in [0.15, 0.2) is 0 Å². The Morgan fingerprint density at radius 1 is 1.40 bits per heavy atom. The molecule has 0 spiro atoms. The SMILES string of the molecule is CCN1CCC(N(C)C(=O)NCC(C)(O)C(=O)O)CC1. The van der Waals surface area contributed by atoms with Crippen LogP contribution >= 0.6 is 0 Å². The Labute approximate surface area is 119 Å². The average molecular weight is 287 g/mol. The lowest BCUT2D eigenvalue weighted by molar-refractivity contribution is -0.155. The molecular formula is C13H25N3O4. The van der Waals surface area contributed by atoms with E-state index in [0.717, 1.165) is 39.4 Å². The van der Waals surface area contributed by atoms with Gasteiger partial charge in [-0.05, 0) is 26.3 Å². The summed E-state index contributed by atoms with van der Waals surface area (Å²) in [4.78, 5) is 26.6. The second-order valence-electron chi connectivity index (χ2n) is 5.51. The molecule has 20 heavy (non-hydrogen) atoms. The van der Waals surface area contributed by atoms with E-state index in [2.05, 4.69) is 17.1 Å². The fraction of sp³-hybridized carbons (Fsp3) is 0.846. The van der Waals surface area contributed by atoms with Gasteiger partial charge in [0.15, 0.2) is 5.60 Å². The van der Waals surface area contributed by atoms with Crippen molar-refractivity contribution in [3.63, 3.8) is 0 Å². The number of urea groups is 1. The van der Waals surface area contributed by atoms with Crippen molar-refractivity contribution in [1.82, 2.24) is 15.1 Å². The van der Waals surface area contributed by atoms with Crippen LogP contribution in [0.4, 0.5) is 4.79 Å². The monoisotopic (exact) mass is 287 g/mol. The van der Waals surface area contributed by atoms with Crippen molar-refractivity contribution in [2.45, 2.75) is 38.3 Å². The number of hydrogen-bond donors (Lipinski definition) is 3. The molecule has 1 rings (SSSR count). The zero-order valence-electron chi connectivity index (χ0n) is 12.4. The Morgan fingerprint density at radius 3 is 2.40 bits per heavy atom. The molecule has 1 aliphatic heterocycles. The first-order chi connectivity index (χ1) is 9.27. The van der Waals surface area contributed by atoms with Crippen molar-refractivity contribution in [1.29, 1.82) is 0 Å². The molecule has 1 fully saturated rings. The number of carbonyl (C=O) groups excluding carboxylic acids is 1. The molecule has 3 N–H and O–H groups in total. The molecule has 7 nitrogen and oxygen atoms in total. The van der Waals surface area contributed by atoms with Crippen LogP contribution < -0.4 is 5.32 Å². The van der Waals surface area contributed by atoms with E-state index >= 15 is 0 Å². The third-order valence-electron chi connectivity index (χ3n) is 3.92. The maximum Gasteiger partial charge on any atom is 0.337 e. The predicted molar refractivity (Wildman–Crippen MR) is 74.6 cm³/mol. The molecule has 1 aliphatic rings. The van der Waals surface area contributed by atoms with Crippen molar-refractivity contribution in [3.05, 3.63) is 0 Å². The number of piperidine rings is 1. The van der Waals surface area contributed by atoms with Crippen LogP contribution in [0.5, 0.6) is 0 Å². The third-order valence-corrected chi connectivity index (χ3v) is 3.92. The highest BCUT2D eigenvalue weighted by Gasteiger charge is 2.31. The molecule has 0 radical (unpaired) electrons. The summed E-state index contributed by atoms with van der Waals surface area (Å²) < 4.78 is 0. The standard InChI is InChI=1S/C13H25N3O4/c1-4-16-7-5-10(6-8-16)15(3)12(19)14-9-13(2,20)11(17)18/h10,20H,4-9H2,1-3H3,(H,14,19)(H,17,18). The summed E-state index contributed by atoms with van der Waals surface area (Å²) in [5.41, 5.74) is -1.94. The van der Waals surface area contributed by atoms with Gasteiger partial charge in [0.1, 0.15) is 0 Å². The van der Waals surface area contributed by atoms with Gasteiger partial charge in [0.25, 0.3) is 0 Å². The van der Waals surface area contributed by atoms with Crippen LogP contribution in [-0.4, -0.2) is 76.9 Å². The van der Waals surface area contributed by atoms with E-state index in [9.17, 15) is 14.7 Å². The number of nitrogens with zero attached hydrogens (tertiary/aromatic N) is 2. The van der Waals surface area contributed by atoms with Gasteiger partial charge in [-0.3, -0.25) is 0 Å². The Bertz CT molecular complexity index is 352. The number of rotatable bonds is 5. The summed E-state index contributed by atoms with van der Waals surface area (Å²) in [7, 11) is 1.71. The summed E-state index contributed by atoms with van der Waals surface area (Å²) in [6.45, 7) is 5.92. The molecule has 0 aliphatic carbocycles. The van der Waals surface area contributed by atoms with Crippen LogP contribution in [0.2, 0.25) is 0 Å². The molecule has 1 unspecified atom stereocenters. The first kappa shape index (κ1) is 16.7. The Balaban J connectivity index is 2.42. The van der Waals surface area contributed by atoms with Gasteiger partial charge in [0, 0.05) is 26.2 Å². The van der Waals surface area contributed by atoms with E-state index in [0.29, 0.717) is 0 Å². The quantitative estimate of drug-likeness (QED) is 0.659. The molecule has 1 atom stereocenters. The summed E-state index contributed by atoms with van der Waals surface area (Å²) in [6, 6.07) is -0.186. The average Bonchev–Trinajstić information content (AvgIpc) is 2.44. The van der Waals surface area contributed by atoms with E-state index in [1.54, 1.807) is 11.9 Å². The van der Waals surface area contributed by atoms with Crippen LogP contribution in [0, 0.1) is 0 Å². The summed E-state index contributed by atoms with van der Waals surface area (Å²) in [5, 5.41) is 20.8. The molecule has 0 bridgehead atoms. The minimum atomic E-state index is -1.94. The maximum absolute atomic E-state index is 12.0. The molecular weight excluding hydrogens is 262 g/mol. The van der Waals surface area contributed by atoms with Crippen LogP contribution in [-0.2, 0) is 4.79 Å². The zero-order chi connectivity index (χ0) is 15.3. The van der Waals surface area contributed by atoms with Gasteiger partial charge in [-0.2, -0.15) is 0 Å². The molecule has 0 aromatic rings. The summed E-state index contributed by atoms with van der Waals surface area (Å²) in [5.74, 6) is -1.35. The van der Waals surface area contributed by atoms with E-state index in [-0.39, 0.29) is 18.6 Å². The molecule has 0 aromatic heterocycles.